The van der Waals surface area contributed by atoms with Crippen molar-refractivity contribution >= 4 is 12.4 Å². The van der Waals surface area contributed by atoms with Crippen LogP contribution < -0.4 is 10.5 Å². The number of nitrogens with two attached hydrogens (primary N) is 1. The van der Waals surface area contributed by atoms with Gasteiger partial charge in [-0.3, -0.25) is 0 Å². The number of halogens is 2. The summed E-state index contributed by atoms with van der Waals surface area (Å²) in [6.45, 7) is 2.47. The van der Waals surface area contributed by atoms with Crippen LogP contribution in [0.2, 0.25) is 0 Å². The van der Waals surface area contributed by atoms with E-state index >= 15 is 0 Å². The van der Waals surface area contributed by atoms with E-state index < -0.39 is 0 Å². The predicted molar refractivity (Wildman–Crippen MR) is 57.4 cm³/mol. The SMILES string of the molecule is CCC(N)COc1ccc(F)cc1.Cl. The quantitative estimate of drug-likeness (QED) is 0.844. The summed E-state index contributed by atoms with van der Waals surface area (Å²) in [5, 5.41) is 0. The average molecular weight is 220 g/mol. The van der Waals surface area contributed by atoms with Crippen LogP contribution in [-0.2, 0) is 0 Å². The van der Waals surface area contributed by atoms with Gasteiger partial charge < -0.3 is 10.5 Å². The Bertz CT molecular complexity index is 253. The third-order valence-corrected chi connectivity index (χ3v) is 1.80. The second kappa shape index (κ2) is 6.62. The van der Waals surface area contributed by atoms with Crippen LogP contribution in [-0.4, -0.2) is 12.6 Å². The minimum absolute atomic E-state index is 0. The van der Waals surface area contributed by atoms with Crippen molar-refractivity contribution in [3.63, 3.8) is 0 Å². The second-order valence-corrected chi connectivity index (χ2v) is 2.93. The first kappa shape index (κ1) is 13.2. The van der Waals surface area contributed by atoms with Crippen molar-refractivity contribution in [3.8, 4) is 5.75 Å². The Morgan fingerprint density at radius 1 is 1.36 bits per heavy atom. The molecule has 80 valence electrons. The van der Waals surface area contributed by atoms with Crippen LogP contribution >= 0.6 is 12.4 Å². The van der Waals surface area contributed by atoms with Gasteiger partial charge in [-0.2, -0.15) is 0 Å². The summed E-state index contributed by atoms with van der Waals surface area (Å²) in [5.41, 5.74) is 5.65. The number of rotatable bonds is 4. The molecule has 2 nitrogen and oxygen atoms in total. The summed E-state index contributed by atoms with van der Waals surface area (Å²) in [5.74, 6) is 0.400. The Morgan fingerprint density at radius 2 is 1.93 bits per heavy atom. The Hall–Kier alpha value is -0.800. The number of hydrogen-bond donors (Lipinski definition) is 1. The minimum atomic E-state index is -0.257. The lowest BCUT2D eigenvalue weighted by atomic mass is 10.2. The highest BCUT2D eigenvalue weighted by atomic mass is 35.5. The van der Waals surface area contributed by atoms with E-state index in [9.17, 15) is 4.39 Å². The van der Waals surface area contributed by atoms with Crippen LogP contribution in [0.4, 0.5) is 4.39 Å². The molecule has 14 heavy (non-hydrogen) atoms. The summed E-state index contributed by atoms with van der Waals surface area (Å²) in [6.07, 6.45) is 0.876. The molecule has 0 fully saturated rings. The molecular weight excluding hydrogens is 205 g/mol. The molecule has 1 atom stereocenters. The summed E-state index contributed by atoms with van der Waals surface area (Å²) in [4.78, 5) is 0. The topological polar surface area (TPSA) is 35.2 Å². The Morgan fingerprint density at radius 3 is 2.43 bits per heavy atom. The summed E-state index contributed by atoms with van der Waals surface area (Å²) in [6, 6.07) is 5.97. The van der Waals surface area contributed by atoms with Gasteiger partial charge in [-0.15, -0.1) is 12.4 Å². The maximum atomic E-state index is 12.5. The Labute approximate surface area is 89.7 Å². The minimum Gasteiger partial charge on any atom is -0.492 e. The first-order chi connectivity index (χ1) is 6.22. The van der Waals surface area contributed by atoms with E-state index in [1.165, 1.54) is 12.1 Å². The van der Waals surface area contributed by atoms with Gasteiger partial charge in [0, 0.05) is 6.04 Å². The van der Waals surface area contributed by atoms with Crippen LogP contribution in [0.5, 0.6) is 5.75 Å². The molecule has 0 aliphatic carbocycles. The number of benzene rings is 1. The van der Waals surface area contributed by atoms with Gasteiger partial charge >= 0.3 is 0 Å². The summed E-state index contributed by atoms with van der Waals surface area (Å²) >= 11 is 0. The van der Waals surface area contributed by atoms with Crippen molar-refractivity contribution in [1.82, 2.24) is 0 Å². The van der Waals surface area contributed by atoms with E-state index in [1.54, 1.807) is 12.1 Å². The maximum Gasteiger partial charge on any atom is 0.123 e. The number of ether oxygens (including phenoxy) is 1. The van der Waals surface area contributed by atoms with E-state index in [2.05, 4.69) is 0 Å². The highest BCUT2D eigenvalue weighted by molar-refractivity contribution is 5.85. The molecule has 1 aromatic carbocycles. The van der Waals surface area contributed by atoms with Crippen molar-refractivity contribution in [1.29, 1.82) is 0 Å². The van der Waals surface area contributed by atoms with E-state index in [0.717, 1.165) is 6.42 Å². The molecular formula is C10H15ClFNO. The maximum absolute atomic E-state index is 12.5. The van der Waals surface area contributed by atoms with Crippen molar-refractivity contribution in [3.05, 3.63) is 30.1 Å². The lowest BCUT2D eigenvalue weighted by Gasteiger charge is -2.10. The molecule has 0 aliphatic rings. The Balaban J connectivity index is 0.00000169. The first-order valence-corrected chi connectivity index (χ1v) is 4.36. The van der Waals surface area contributed by atoms with Gasteiger partial charge in [-0.1, -0.05) is 6.92 Å². The molecule has 0 saturated heterocycles. The molecule has 1 aromatic rings. The second-order valence-electron chi connectivity index (χ2n) is 2.93. The standard InChI is InChI=1S/C10H14FNO.ClH/c1-2-9(12)7-13-10-5-3-8(11)4-6-10;/h3-6,9H,2,7,12H2,1H3;1H. The molecule has 4 heteroatoms. The van der Waals surface area contributed by atoms with Gasteiger partial charge in [0.2, 0.25) is 0 Å². The van der Waals surface area contributed by atoms with E-state index in [4.69, 9.17) is 10.5 Å². The molecule has 0 saturated carbocycles. The van der Waals surface area contributed by atoms with Gasteiger partial charge in [0.1, 0.15) is 18.2 Å². The Kier molecular flexibility index (Phi) is 6.25. The number of hydrogen-bond acceptors (Lipinski definition) is 2. The smallest absolute Gasteiger partial charge is 0.123 e. The molecule has 2 N–H and O–H groups in total. The van der Waals surface area contributed by atoms with E-state index in [-0.39, 0.29) is 24.3 Å². The van der Waals surface area contributed by atoms with Crippen LogP contribution in [0.3, 0.4) is 0 Å². The molecule has 0 spiro atoms. The molecule has 1 rings (SSSR count). The molecule has 0 aromatic heterocycles. The van der Waals surface area contributed by atoms with Gasteiger partial charge in [-0.05, 0) is 30.7 Å². The van der Waals surface area contributed by atoms with Gasteiger partial charge in [-0.25, -0.2) is 4.39 Å². The highest BCUT2D eigenvalue weighted by Gasteiger charge is 2.00. The van der Waals surface area contributed by atoms with Crippen LogP contribution in [0.15, 0.2) is 24.3 Å². The van der Waals surface area contributed by atoms with Gasteiger partial charge in [0.25, 0.3) is 0 Å². The zero-order valence-corrected chi connectivity index (χ0v) is 8.89. The predicted octanol–water partition coefficient (Wildman–Crippen LogP) is 2.36. The molecule has 0 radical (unpaired) electrons. The van der Waals surface area contributed by atoms with Crippen molar-refractivity contribution in [2.24, 2.45) is 5.73 Å². The fourth-order valence-electron chi connectivity index (χ4n) is 0.852. The van der Waals surface area contributed by atoms with Crippen molar-refractivity contribution in [2.45, 2.75) is 19.4 Å². The van der Waals surface area contributed by atoms with Crippen LogP contribution in [0, 0.1) is 5.82 Å². The lowest BCUT2D eigenvalue weighted by Crippen LogP contribution is -2.26. The zero-order valence-electron chi connectivity index (χ0n) is 8.07. The highest BCUT2D eigenvalue weighted by Crippen LogP contribution is 2.11. The summed E-state index contributed by atoms with van der Waals surface area (Å²) < 4.78 is 17.8. The molecule has 0 bridgehead atoms. The van der Waals surface area contributed by atoms with E-state index in [1.807, 2.05) is 6.92 Å². The van der Waals surface area contributed by atoms with Crippen LogP contribution in [0.25, 0.3) is 0 Å². The monoisotopic (exact) mass is 219 g/mol. The molecule has 0 aliphatic heterocycles. The summed E-state index contributed by atoms with van der Waals surface area (Å²) in [7, 11) is 0. The third-order valence-electron chi connectivity index (χ3n) is 1.80. The van der Waals surface area contributed by atoms with Gasteiger partial charge in [0.15, 0.2) is 0 Å². The fourth-order valence-corrected chi connectivity index (χ4v) is 0.852. The van der Waals surface area contributed by atoms with Gasteiger partial charge in [0.05, 0.1) is 0 Å². The third kappa shape index (κ3) is 4.44. The average Bonchev–Trinajstić information content (AvgIpc) is 2.16. The van der Waals surface area contributed by atoms with Crippen molar-refractivity contribution in [2.75, 3.05) is 6.61 Å². The zero-order chi connectivity index (χ0) is 9.68. The van der Waals surface area contributed by atoms with E-state index in [0.29, 0.717) is 12.4 Å². The first-order valence-electron chi connectivity index (χ1n) is 4.36. The van der Waals surface area contributed by atoms with Crippen LogP contribution in [0.1, 0.15) is 13.3 Å². The fraction of sp³-hybridized carbons (Fsp3) is 0.400. The molecule has 1 unspecified atom stereocenters. The molecule has 0 amide bonds. The molecule has 0 heterocycles. The lowest BCUT2D eigenvalue weighted by molar-refractivity contribution is 0.285. The normalized spacial score (nSPS) is 11.6. The largest absolute Gasteiger partial charge is 0.492 e. The van der Waals surface area contributed by atoms with Crippen molar-refractivity contribution < 1.29 is 9.13 Å².